The number of carbonyl (C=O) groups excluding carboxylic acids is 1. The van der Waals surface area contributed by atoms with Crippen LogP contribution < -0.4 is 0 Å². The number of aliphatic hydroxyl groups excluding tert-OH is 1. The smallest absolute Gasteiger partial charge is 0.186 e. The molecule has 0 saturated carbocycles. The Balaban J connectivity index is 1.74. The van der Waals surface area contributed by atoms with Gasteiger partial charge in [0.2, 0.25) is 0 Å². The SMILES string of the molecule is O=C(c1c[nH]c2ccccc12)C(c1ccccc1)N1CCCC(CO)C1. The zero-order valence-corrected chi connectivity index (χ0v) is 14.8. The summed E-state index contributed by atoms with van der Waals surface area (Å²) in [7, 11) is 0. The van der Waals surface area contributed by atoms with Gasteiger partial charge in [0.15, 0.2) is 5.78 Å². The van der Waals surface area contributed by atoms with Crippen LogP contribution in [0.25, 0.3) is 10.9 Å². The fourth-order valence-corrected chi connectivity index (χ4v) is 4.07. The van der Waals surface area contributed by atoms with Crippen molar-refractivity contribution in [1.82, 2.24) is 9.88 Å². The molecule has 1 aliphatic heterocycles. The van der Waals surface area contributed by atoms with Crippen LogP contribution in [-0.4, -0.2) is 40.5 Å². The molecule has 4 rings (SSSR count). The summed E-state index contributed by atoms with van der Waals surface area (Å²) < 4.78 is 0. The molecule has 1 fully saturated rings. The van der Waals surface area contributed by atoms with Crippen molar-refractivity contribution in [2.45, 2.75) is 18.9 Å². The first-order chi connectivity index (χ1) is 12.8. The minimum Gasteiger partial charge on any atom is -0.396 e. The number of piperidine rings is 1. The van der Waals surface area contributed by atoms with Gasteiger partial charge in [-0.15, -0.1) is 0 Å². The summed E-state index contributed by atoms with van der Waals surface area (Å²) in [6.07, 6.45) is 3.86. The number of benzene rings is 2. The Labute approximate surface area is 153 Å². The standard InChI is InChI=1S/C22H24N2O2/c25-15-16-7-6-12-24(14-16)21(17-8-2-1-3-9-17)22(26)19-13-23-20-11-5-4-10-18(19)20/h1-5,8-11,13,16,21,23,25H,6-7,12,14-15H2. The number of para-hydroxylation sites is 1. The highest BCUT2D eigenvalue weighted by Gasteiger charge is 2.33. The Morgan fingerprint density at radius 2 is 1.92 bits per heavy atom. The summed E-state index contributed by atoms with van der Waals surface area (Å²) in [4.78, 5) is 19.0. The molecule has 2 unspecified atom stereocenters. The lowest BCUT2D eigenvalue weighted by molar-refractivity contribution is 0.0637. The van der Waals surface area contributed by atoms with E-state index in [0.29, 0.717) is 0 Å². The molecule has 0 spiro atoms. The fraction of sp³-hybridized carbons (Fsp3) is 0.318. The summed E-state index contributed by atoms with van der Waals surface area (Å²) >= 11 is 0. The van der Waals surface area contributed by atoms with Gasteiger partial charge < -0.3 is 10.1 Å². The lowest BCUT2D eigenvalue weighted by Gasteiger charge is -2.37. The van der Waals surface area contributed by atoms with Gasteiger partial charge in [0.05, 0.1) is 6.04 Å². The maximum atomic E-state index is 13.6. The molecule has 2 heterocycles. The third kappa shape index (κ3) is 3.18. The van der Waals surface area contributed by atoms with E-state index in [9.17, 15) is 9.90 Å². The molecule has 2 atom stereocenters. The van der Waals surface area contributed by atoms with Crippen molar-refractivity contribution in [3.05, 3.63) is 71.9 Å². The number of aromatic nitrogens is 1. The molecular formula is C22H24N2O2. The number of aromatic amines is 1. The Hall–Kier alpha value is -2.43. The number of nitrogens with zero attached hydrogens (tertiary/aromatic N) is 1. The molecule has 1 aliphatic rings. The van der Waals surface area contributed by atoms with Crippen LogP contribution in [0, 0.1) is 5.92 Å². The molecule has 0 radical (unpaired) electrons. The first-order valence-corrected chi connectivity index (χ1v) is 9.28. The third-order valence-electron chi connectivity index (χ3n) is 5.39. The van der Waals surface area contributed by atoms with Gasteiger partial charge in [-0.25, -0.2) is 0 Å². The van der Waals surface area contributed by atoms with Crippen molar-refractivity contribution >= 4 is 16.7 Å². The minimum atomic E-state index is -0.315. The van der Waals surface area contributed by atoms with Crippen molar-refractivity contribution in [3.63, 3.8) is 0 Å². The van der Waals surface area contributed by atoms with Crippen molar-refractivity contribution in [2.75, 3.05) is 19.7 Å². The molecule has 26 heavy (non-hydrogen) atoms. The molecule has 1 saturated heterocycles. The number of likely N-dealkylation sites (tertiary alicyclic amines) is 1. The van der Waals surface area contributed by atoms with E-state index >= 15 is 0 Å². The highest BCUT2D eigenvalue weighted by atomic mass is 16.3. The summed E-state index contributed by atoms with van der Waals surface area (Å²) in [6, 6.07) is 17.6. The predicted molar refractivity (Wildman–Crippen MR) is 103 cm³/mol. The molecule has 134 valence electrons. The van der Waals surface area contributed by atoms with Gasteiger partial charge >= 0.3 is 0 Å². The van der Waals surface area contributed by atoms with Crippen LogP contribution in [-0.2, 0) is 0 Å². The van der Waals surface area contributed by atoms with Crippen LogP contribution >= 0.6 is 0 Å². The van der Waals surface area contributed by atoms with Crippen molar-refractivity contribution < 1.29 is 9.90 Å². The van der Waals surface area contributed by atoms with E-state index in [1.54, 1.807) is 0 Å². The van der Waals surface area contributed by atoms with Crippen molar-refractivity contribution in [2.24, 2.45) is 5.92 Å². The van der Waals surface area contributed by atoms with Gasteiger partial charge in [-0.3, -0.25) is 9.69 Å². The third-order valence-corrected chi connectivity index (χ3v) is 5.39. The molecule has 2 aromatic carbocycles. The van der Waals surface area contributed by atoms with E-state index < -0.39 is 0 Å². The lowest BCUT2D eigenvalue weighted by atomic mass is 9.91. The molecule has 0 aliphatic carbocycles. The number of rotatable bonds is 5. The number of fused-ring (bicyclic) bond motifs is 1. The maximum absolute atomic E-state index is 13.6. The molecule has 2 N–H and O–H groups in total. The maximum Gasteiger partial charge on any atom is 0.186 e. The van der Waals surface area contributed by atoms with Gasteiger partial charge in [-0.05, 0) is 36.9 Å². The lowest BCUT2D eigenvalue weighted by Crippen LogP contribution is -2.42. The second-order valence-corrected chi connectivity index (χ2v) is 7.11. The molecule has 0 bridgehead atoms. The van der Waals surface area contributed by atoms with E-state index in [-0.39, 0.29) is 24.3 Å². The van der Waals surface area contributed by atoms with Crippen LogP contribution in [0.5, 0.6) is 0 Å². The second kappa shape index (κ2) is 7.44. The number of aliphatic hydroxyl groups is 1. The number of Topliss-reactive ketones (excluding diaryl/α,β-unsaturated/α-hetero) is 1. The zero-order chi connectivity index (χ0) is 17.9. The van der Waals surface area contributed by atoms with Crippen molar-refractivity contribution in [1.29, 1.82) is 0 Å². The molecule has 0 amide bonds. The fourth-order valence-electron chi connectivity index (χ4n) is 4.07. The Kier molecular flexibility index (Phi) is 4.87. The average Bonchev–Trinajstić information content (AvgIpc) is 3.13. The number of H-pyrrole nitrogens is 1. The highest BCUT2D eigenvalue weighted by molar-refractivity contribution is 6.10. The molecule has 4 heteroatoms. The van der Waals surface area contributed by atoms with E-state index in [1.165, 1.54) is 0 Å². The largest absolute Gasteiger partial charge is 0.396 e. The normalized spacial score (nSPS) is 19.5. The quantitative estimate of drug-likeness (QED) is 0.690. The van der Waals surface area contributed by atoms with Crippen LogP contribution in [0.3, 0.4) is 0 Å². The Morgan fingerprint density at radius 1 is 1.15 bits per heavy atom. The van der Waals surface area contributed by atoms with Crippen LogP contribution in [0.1, 0.15) is 34.8 Å². The van der Waals surface area contributed by atoms with E-state index in [0.717, 1.165) is 48.0 Å². The number of nitrogens with one attached hydrogen (secondary N) is 1. The van der Waals surface area contributed by atoms with Gasteiger partial charge in [0, 0.05) is 35.8 Å². The predicted octanol–water partition coefficient (Wildman–Crippen LogP) is 3.80. The first kappa shape index (κ1) is 17.0. The van der Waals surface area contributed by atoms with E-state index in [1.807, 2.05) is 60.8 Å². The second-order valence-electron chi connectivity index (χ2n) is 7.11. The topological polar surface area (TPSA) is 56.3 Å². The summed E-state index contributed by atoms with van der Waals surface area (Å²) in [5.41, 5.74) is 2.73. The summed E-state index contributed by atoms with van der Waals surface area (Å²) in [5.74, 6) is 0.359. The monoisotopic (exact) mass is 348 g/mol. The van der Waals surface area contributed by atoms with Crippen LogP contribution in [0.2, 0.25) is 0 Å². The number of ketones is 1. The zero-order valence-electron chi connectivity index (χ0n) is 14.8. The minimum absolute atomic E-state index is 0.118. The highest BCUT2D eigenvalue weighted by Crippen LogP contribution is 2.32. The van der Waals surface area contributed by atoms with Gasteiger partial charge in [-0.1, -0.05) is 48.5 Å². The molecular weight excluding hydrogens is 324 g/mol. The van der Waals surface area contributed by atoms with Gasteiger partial charge in [0.25, 0.3) is 0 Å². The van der Waals surface area contributed by atoms with Crippen LogP contribution in [0.4, 0.5) is 0 Å². The Morgan fingerprint density at radius 3 is 2.73 bits per heavy atom. The summed E-state index contributed by atoms with van der Waals surface area (Å²) in [5, 5.41) is 10.6. The summed E-state index contributed by atoms with van der Waals surface area (Å²) in [6.45, 7) is 1.81. The van der Waals surface area contributed by atoms with Gasteiger partial charge in [-0.2, -0.15) is 0 Å². The first-order valence-electron chi connectivity index (χ1n) is 9.28. The number of hydrogen-bond acceptors (Lipinski definition) is 3. The van der Waals surface area contributed by atoms with Crippen LogP contribution in [0.15, 0.2) is 60.8 Å². The van der Waals surface area contributed by atoms with E-state index in [2.05, 4.69) is 9.88 Å². The molecule has 4 nitrogen and oxygen atoms in total. The average molecular weight is 348 g/mol. The van der Waals surface area contributed by atoms with Crippen molar-refractivity contribution in [3.8, 4) is 0 Å². The molecule has 1 aromatic heterocycles. The number of hydrogen-bond donors (Lipinski definition) is 2. The number of carbonyl (C=O) groups is 1. The van der Waals surface area contributed by atoms with E-state index in [4.69, 9.17) is 0 Å². The Bertz CT molecular complexity index is 887. The van der Waals surface area contributed by atoms with Gasteiger partial charge in [0.1, 0.15) is 0 Å². The molecule has 3 aromatic rings.